The van der Waals surface area contributed by atoms with Crippen LogP contribution in [0.15, 0.2) is 30.3 Å². The molecule has 1 unspecified atom stereocenters. The van der Waals surface area contributed by atoms with Crippen LogP contribution in [0.3, 0.4) is 0 Å². The van der Waals surface area contributed by atoms with E-state index in [1.54, 1.807) is 18.2 Å². The number of nitrogens with one attached hydrogen (secondary N) is 1. The lowest BCUT2D eigenvalue weighted by molar-refractivity contribution is -0.170. The highest BCUT2D eigenvalue weighted by Gasteiger charge is 2.64. The Bertz CT molecular complexity index is 440. The second-order valence-electron chi connectivity index (χ2n) is 4.41. The standard InChI is InChI=1S/C12H12F3NO2/c13-12(14,15)11(6-7-11)16-9(10(17)18)8-4-2-1-3-5-8/h1-5,9,16H,6-7H2,(H,17,18). The lowest BCUT2D eigenvalue weighted by Gasteiger charge is -2.25. The fraction of sp³-hybridized carbons (Fsp3) is 0.417. The second kappa shape index (κ2) is 4.28. The molecule has 0 aliphatic heterocycles. The van der Waals surface area contributed by atoms with Crippen LogP contribution in [0.1, 0.15) is 24.4 Å². The maximum absolute atomic E-state index is 12.8. The average Bonchev–Trinajstić information content (AvgIpc) is 3.07. The van der Waals surface area contributed by atoms with Gasteiger partial charge in [-0.1, -0.05) is 30.3 Å². The molecule has 98 valence electrons. The van der Waals surface area contributed by atoms with E-state index in [2.05, 4.69) is 5.32 Å². The van der Waals surface area contributed by atoms with Crippen molar-refractivity contribution in [2.75, 3.05) is 0 Å². The van der Waals surface area contributed by atoms with Gasteiger partial charge in [0.25, 0.3) is 0 Å². The summed E-state index contributed by atoms with van der Waals surface area (Å²) < 4.78 is 38.3. The zero-order valence-corrected chi connectivity index (χ0v) is 9.37. The summed E-state index contributed by atoms with van der Waals surface area (Å²) in [6.07, 6.45) is -4.57. The number of hydrogen-bond acceptors (Lipinski definition) is 2. The van der Waals surface area contributed by atoms with Crippen molar-refractivity contribution in [3.05, 3.63) is 35.9 Å². The number of rotatable bonds is 4. The Balaban J connectivity index is 2.22. The molecule has 1 fully saturated rings. The molecule has 2 N–H and O–H groups in total. The number of halogens is 3. The smallest absolute Gasteiger partial charge is 0.406 e. The Morgan fingerprint density at radius 2 is 1.83 bits per heavy atom. The maximum Gasteiger partial charge on any atom is 0.406 e. The van der Waals surface area contributed by atoms with Crippen LogP contribution in [0, 0.1) is 0 Å². The van der Waals surface area contributed by atoms with Crippen LogP contribution < -0.4 is 5.32 Å². The summed E-state index contributed by atoms with van der Waals surface area (Å²) in [5.41, 5.74) is -1.72. The van der Waals surface area contributed by atoms with Crippen molar-refractivity contribution in [1.29, 1.82) is 0 Å². The van der Waals surface area contributed by atoms with Crippen LogP contribution in [-0.4, -0.2) is 22.8 Å². The summed E-state index contributed by atoms with van der Waals surface area (Å²) in [5.74, 6) is -1.31. The van der Waals surface area contributed by atoms with Crippen LogP contribution in [0.25, 0.3) is 0 Å². The van der Waals surface area contributed by atoms with Gasteiger partial charge in [-0.05, 0) is 18.4 Å². The Hall–Kier alpha value is -1.56. The predicted octanol–water partition coefficient (Wildman–Crippen LogP) is 2.50. The molecule has 6 heteroatoms. The highest BCUT2D eigenvalue weighted by molar-refractivity contribution is 5.75. The molecule has 2 rings (SSSR count). The summed E-state index contributed by atoms with van der Waals surface area (Å²) in [5, 5.41) is 11.3. The first kappa shape index (κ1) is 12.9. The highest BCUT2D eigenvalue weighted by atomic mass is 19.4. The normalized spacial score (nSPS) is 19.3. The number of carboxylic acids is 1. The maximum atomic E-state index is 12.8. The van der Waals surface area contributed by atoms with Crippen LogP contribution in [-0.2, 0) is 4.79 Å². The molecule has 18 heavy (non-hydrogen) atoms. The van der Waals surface area contributed by atoms with Gasteiger partial charge < -0.3 is 5.11 Å². The largest absolute Gasteiger partial charge is 0.480 e. The zero-order chi connectivity index (χ0) is 13.4. The van der Waals surface area contributed by atoms with E-state index >= 15 is 0 Å². The molecule has 0 bridgehead atoms. The Kier molecular flexibility index (Phi) is 3.06. The molecule has 1 atom stereocenters. The van der Waals surface area contributed by atoms with Gasteiger partial charge in [-0.3, -0.25) is 10.1 Å². The monoisotopic (exact) mass is 259 g/mol. The average molecular weight is 259 g/mol. The molecular formula is C12H12F3NO2. The van der Waals surface area contributed by atoms with Gasteiger partial charge in [0.15, 0.2) is 0 Å². The minimum absolute atomic E-state index is 0.0763. The number of alkyl halides is 3. The number of carbonyl (C=O) groups is 1. The third-order valence-electron chi connectivity index (χ3n) is 3.09. The first-order valence-electron chi connectivity index (χ1n) is 5.48. The molecule has 0 amide bonds. The van der Waals surface area contributed by atoms with Crippen molar-refractivity contribution in [1.82, 2.24) is 5.32 Å². The molecule has 0 radical (unpaired) electrons. The lowest BCUT2D eigenvalue weighted by Crippen LogP contribution is -2.48. The van der Waals surface area contributed by atoms with Crippen molar-refractivity contribution < 1.29 is 23.1 Å². The highest BCUT2D eigenvalue weighted by Crippen LogP contribution is 2.50. The first-order valence-corrected chi connectivity index (χ1v) is 5.48. The number of carboxylic acid groups (broad SMARTS) is 1. The fourth-order valence-electron chi connectivity index (χ4n) is 1.84. The second-order valence-corrected chi connectivity index (χ2v) is 4.41. The van der Waals surface area contributed by atoms with Crippen LogP contribution >= 0.6 is 0 Å². The van der Waals surface area contributed by atoms with Crippen molar-refractivity contribution in [2.45, 2.75) is 30.6 Å². The molecule has 0 saturated heterocycles. The number of aliphatic carboxylic acids is 1. The quantitative estimate of drug-likeness (QED) is 0.873. The Morgan fingerprint density at radius 3 is 2.22 bits per heavy atom. The summed E-state index contributed by atoms with van der Waals surface area (Å²) in [4.78, 5) is 11.1. The molecule has 0 spiro atoms. The third kappa shape index (κ3) is 2.33. The summed E-state index contributed by atoms with van der Waals surface area (Å²) >= 11 is 0. The zero-order valence-electron chi connectivity index (χ0n) is 9.37. The van der Waals surface area contributed by atoms with Crippen molar-refractivity contribution >= 4 is 5.97 Å². The van der Waals surface area contributed by atoms with Crippen LogP contribution in [0.2, 0.25) is 0 Å². The topological polar surface area (TPSA) is 49.3 Å². The number of hydrogen-bond donors (Lipinski definition) is 2. The van der Waals surface area contributed by atoms with Crippen molar-refractivity contribution in [3.8, 4) is 0 Å². The molecule has 3 nitrogen and oxygen atoms in total. The minimum Gasteiger partial charge on any atom is -0.480 e. The molecule has 1 aliphatic carbocycles. The van der Waals surface area contributed by atoms with E-state index in [9.17, 15) is 18.0 Å². The molecule has 0 heterocycles. The minimum atomic E-state index is -4.42. The van der Waals surface area contributed by atoms with Crippen molar-refractivity contribution in [3.63, 3.8) is 0 Å². The van der Waals surface area contributed by atoms with E-state index in [0.29, 0.717) is 5.56 Å². The fourth-order valence-corrected chi connectivity index (χ4v) is 1.84. The summed E-state index contributed by atoms with van der Waals surface area (Å²) in [6.45, 7) is 0. The van der Waals surface area contributed by atoms with E-state index in [4.69, 9.17) is 5.11 Å². The van der Waals surface area contributed by atoms with E-state index in [0.717, 1.165) is 0 Å². The van der Waals surface area contributed by atoms with Crippen LogP contribution in [0.5, 0.6) is 0 Å². The summed E-state index contributed by atoms with van der Waals surface area (Å²) in [6, 6.07) is 6.53. The van der Waals surface area contributed by atoms with Gasteiger partial charge in [-0.25, -0.2) is 0 Å². The Labute approximate surface area is 102 Å². The van der Waals surface area contributed by atoms with Gasteiger partial charge in [-0.15, -0.1) is 0 Å². The van der Waals surface area contributed by atoms with Crippen LogP contribution in [0.4, 0.5) is 13.2 Å². The lowest BCUT2D eigenvalue weighted by atomic mass is 10.1. The molecule has 0 aromatic heterocycles. The summed E-state index contributed by atoms with van der Waals surface area (Å²) in [7, 11) is 0. The van der Waals surface area contributed by atoms with Gasteiger partial charge in [0.05, 0.1) is 0 Å². The number of benzene rings is 1. The SMILES string of the molecule is O=C(O)C(NC1(C(F)(F)F)CC1)c1ccccc1. The van der Waals surface area contributed by atoms with E-state index in [1.807, 2.05) is 0 Å². The van der Waals surface area contributed by atoms with Gasteiger partial charge in [0.1, 0.15) is 11.6 Å². The van der Waals surface area contributed by atoms with E-state index < -0.39 is 23.7 Å². The van der Waals surface area contributed by atoms with Gasteiger partial charge in [-0.2, -0.15) is 13.2 Å². The van der Waals surface area contributed by atoms with Gasteiger partial charge >= 0.3 is 12.1 Å². The molecule has 1 saturated carbocycles. The van der Waals surface area contributed by atoms with Gasteiger partial charge in [0.2, 0.25) is 0 Å². The van der Waals surface area contributed by atoms with Gasteiger partial charge in [0, 0.05) is 0 Å². The van der Waals surface area contributed by atoms with Crippen molar-refractivity contribution in [2.24, 2.45) is 0 Å². The molecular weight excluding hydrogens is 247 g/mol. The van der Waals surface area contributed by atoms with E-state index in [1.165, 1.54) is 12.1 Å². The molecule has 1 aromatic rings. The molecule has 1 aromatic carbocycles. The third-order valence-corrected chi connectivity index (χ3v) is 3.09. The Morgan fingerprint density at radius 1 is 1.28 bits per heavy atom. The predicted molar refractivity (Wildman–Crippen MR) is 58.0 cm³/mol. The molecule has 1 aliphatic rings. The van der Waals surface area contributed by atoms with E-state index in [-0.39, 0.29) is 12.8 Å². The first-order chi connectivity index (χ1) is 8.36.